The second-order valence-electron chi connectivity index (χ2n) is 5.61. The van der Waals surface area contributed by atoms with Crippen LogP contribution < -0.4 is 14.8 Å². The minimum Gasteiger partial charge on any atom is -0.473 e. The largest absolute Gasteiger partial charge is 0.473 e. The Hall–Kier alpha value is -2.15. The summed E-state index contributed by atoms with van der Waals surface area (Å²) >= 11 is 12.0. The van der Waals surface area contributed by atoms with Gasteiger partial charge in [0.2, 0.25) is 11.8 Å². The molecule has 1 N–H and O–H groups in total. The van der Waals surface area contributed by atoms with Gasteiger partial charge in [0.1, 0.15) is 18.2 Å². The Balaban J connectivity index is 1.66. The van der Waals surface area contributed by atoms with Crippen molar-refractivity contribution >= 4 is 34.2 Å². The first kappa shape index (κ1) is 16.3. The molecule has 3 heterocycles. The molecule has 8 heteroatoms. The zero-order valence-corrected chi connectivity index (χ0v) is 14.6. The van der Waals surface area contributed by atoms with Crippen LogP contribution >= 0.6 is 23.2 Å². The van der Waals surface area contributed by atoms with Crippen LogP contribution in [-0.4, -0.2) is 34.1 Å². The first-order valence-electron chi connectivity index (χ1n) is 7.81. The Bertz CT molecular complexity index is 916. The maximum absolute atomic E-state index is 6.03. The molecule has 4 rings (SSSR count). The highest BCUT2D eigenvalue weighted by Gasteiger charge is 2.17. The number of fused-ring (bicyclic) bond motifs is 1. The molecule has 0 bridgehead atoms. The zero-order chi connectivity index (χ0) is 17.2. The molecule has 0 radical (unpaired) electrons. The third-order valence-corrected chi connectivity index (χ3v) is 4.57. The number of hydrogen-bond donors (Lipinski definition) is 1. The molecule has 1 atom stereocenters. The molecule has 1 saturated heterocycles. The Morgan fingerprint density at radius 3 is 2.80 bits per heavy atom. The molecule has 1 aliphatic rings. The molecule has 25 heavy (non-hydrogen) atoms. The van der Waals surface area contributed by atoms with Crippen LogP contribution in [0.4, 0.5) is 0 Å². The molecule has 0 amide bonds. The minimum absolute atomic E-state index is 0.119. The topological polar surface area (TPSA) is 69.2 Å². The van der Waals surface area contributed by atoms with Crippen molar-refractivity contribution in [1.82, 2.24) is 20.3 Å². The van der Waals surface area contributed by atoms with E-state index in [1.54, 1.807) is 24.3 Å². The van der Waals surface area contributed by atoms with Crippen molar-refractivity contribution in [1.29, 1.82) is 0 Å². The number of benzene rings is 1. The lowest BCUT2D eigenvalue weighted by molar-refractivity contribution is 0.214. The Labute approximate surface area is 154 Å². The molecule has 0 spiro atoms. The third kappa shape index (κ3) is 3.61. The fourth-order valence-corrected chi connectivity index (χ4v) is 2.88. The molecule has 2 aromatic heterocycles. The van der Waals surface area contributed by atoms with Gasteiger partial charge in [0.05, 0.1) is 15.6 Å². The van der Waals surface area contributed by atoms with E-state index in [9.17, 15) is 0 Å². The fourth-order valence-electron chi connectivity index (χ4n) is 2.59. The number of rotatable bonds is 4. The van der Waals surface area contributed by atoms with Crippen molar-refractivity contribution in [2.45, 2.75) is 12.5 Å². The van der Waals surface area contributed by atoms with Crippen LogP contribution in [0.25, 0.3) is 11.0 Å². The van der Waals surface area contributed by atoms with Crippen molar-refractivity contribution in [2.24, 2.45) is 0 Å². The van der Waals surface area contributed by atoms with Crippen LogP contribution in [0.2, 0.25) is 10.0 Å². The van der Waals surface area contributed by atoms with Crippen LogP contribution in [0.3, 0.4) is 0 Å². The van der Waals surface area contributed by atoms with Crippen molar-refractivity contribution in [3.63, 3.8) is 0 Å². The van der Waals surface area contributed by atoms with Gasteiger partial charge in [-0.3, -0.25) is 0 Å². The number of nitrogens with one attached hydrogen (secondary N) is 1. The summed E-state index contributed by atoms with van der Waals surface area (Å²) in [5.41, 5.74) is 1.19. The molecule has 0 saturated carbocycles. The molecule has 128 valence electrons. The summed E-state index contributed by atoms with van der Waals surface area (Å²) in [6.07, 6.45) is 2.50. The molecule has 0 aliphatic carbocycles. The van der Waals surface area contributed by atoms with Gasteiger partial charge in [-0.25, -0.2) is 9.97 Å². The van der Waals surface area contributed by atoms with E-state index in [2.05, 4.69) is 20.3 Å². The lowest BCUT2D eigenvalue weighted by Crippen LogP contribution is -2.20. The van der Waals surface area contributed by atoms with E-state index in [-0.39, 0.29) is 6.10 Å². The quantitative estimate of drug-likeness (QED) is 0.745. The van der Waals surface area contributed by atoms with Crippen molar-refractivity contribution < 1.29 is 9.47 Å². The van der Waals surface area contributed by atoms with Gasteiger partial charge in [0, 0.05) is 18.7 Å². The number of halogens is 2. The average Bonchev–Trinajstić information content (AvgIpc) is 3.12. The van der Waals surface area contributed by atoms with Gasteiger partial charge in [-0.05, 0) is 31.2 Å². The highest BCUT2D eigenvalue weighted by atomic mass is 35.5. The summed E-state index contributed by atoms with van der Waals surface area (Å²) in [4.78, 5) is 12.9. The predicted octanol–water partition coefficient (Wildman–Crippen LogP) is 3.86. The van der Waals surface area contributed by atoms with Gasteiger partial charge in [-0.15, -0.1) is 0 Å². The van der Waals surface area contributed by atoms with E-state index >= 15 is 0 Å². The lowest BCUT2D eigenvalue weighted by Gasteiger charge is -2.12. The first-order chi connectivity index (χ1) is 12.2. The Morgan fingerprint density at radius 1 is 1.08 bits per heavy atom. The molecule has 1 fully saturated rings. The normalized spacial score (nSPS) is 17.0. The summed E-state index contributed by atoms with van der Waals surface area (Å²) in [7, 11) is 0. The van der Waals surface area contributed by atoms with Crippen LogP contribution in [0.5, 0.6) is 17.5 Å². The number of ether oxygens (including phenoxy) is 2. The van der Waals surface area contributed by atoms with Gasteiger partial charge in [0.25, 0.3) is 0 Å². The van der Waals surface area contributed by atoms with Gasteiger partial charge in [-0.2, -0.15) is 4.98 Å². The molecule has 0 unspecified atom stereocenters. The Kier molecular flexibility index (Phi) is 4.57. The van der Waals surface area contributed by atoms with E-state index in [1.807, 2.05) is 6.07 Å². The zero-order valence-electron chi connectivity index (χ0n) is 13.1. The molecule has 3 aromatic rings. The van der Waals surface area contributed by atoms with Crippen molar-refractivity contribution in [2.75, 3.05) is 13.1 Å². The van der Waals surface area contributed by atoms with Crippen LogP contribution in [-0.2, 0) is 0 Å². The van der Waals surface area contributed by atoms with Gasteiger partial charge in [0.15, 0.2) is 5.52 Å². The van der Waals surface area contributed by atoms with Crippen LogP contribution in [0.1, 0.15) is 6.42 Å². The van der Waals surface area contributed by atoms with Crippen molar-refractivity contribution in [3.05, 3.63) is 46.7 Å². The molecule has 1 aromatic carbocycles. The monoisotopic (exact) mass is 376 g/mol. The van der Waals surface area contributed by atoms with E-state index in [4.69, 9.17) is 32.7 Å². The third-order valence-electron chi connectivity index (χ3n) is 3.83. The second-order valence-corrected chi connectivity index (χ2v) is 6.42. The highest BCUT2D eigenvalue weighted by Crippen LogP contribution is 2.31. The van der Waals surface area contributed by atoms with Crippen LogP contribution in [0.15, 0.2) is 36.7 Å². The van der Waals surface area contributed by atoms with Gasteiger partial charge >= 0.3 is 0 Å². The summed E-state index contributed by atoms with van der Waals surface area (Å²) in [6, 6.07) is 8.65. The first-order valence-corrected chi connectivity index (χ1v) is 8.57. The molecular weight excluding hydrogens is 363 g/mol. The molecule has 1 aliphatic heterocycles. The Morgan fingerprint density at radius 2 is 2.00 bits per heavy atom. The number of hydrogen-bond acceptors (Lipinski definition) is 6. The van der Waals surface area contributed by atoms with E-state index in [0.717, 1.165) is 19.5 Å². The average molecular weight is 377 g/mol. The van der Waals surface area contributed by atoms with E-state index < -0.39 is 0 Å². The maximum atomic E-state index is 6.03. The lowest BCUT2D eigenvalue weighted by atomic mass is 10.3. The van der Waals surface area contributed by atoms with Gasteiger partial charge in [-0.1, -0.05) is 23.2 Å². The predicted molar refractivity (Wildman–Crippen MR) is 95.8 cm³/mol. The summed E-state index contributed by atoms with van der Waals surface area (Å²) in [5, 5.41) is 4.12. The summed E-state index contributed by atoms with van der Waals surface area (Å²) in [6.45, 7) is 1.77. The van der Waals surface area contributed by atoms with Crippen LogP contribution in [0, 0.1) is 0 Å². The standard InChI is InChI=1S/C17H14Cl2N4O2/c18-12-2-1-10(7-13(12)19)25-17-16-14(21-9-22-17)3-4-15(23-16)24-11-5-6-20-8-11/h1-4,7,9,11,20H,5-6,8H2/t11-/m0/s1. The van der Waals surface area contributed by atoms with E-state index in [0.29, 0.717) is 38.6 Å². The second kappa shape index (κ2) is 7.00. The van der Waals surface area contributed by atoms with Crippen molar-refractivity contribution in [3.8, 4) is 17.5 Å². The fraction of sp³-hybridized carbons (Fsp3) is 0.235. The number of nitrogens with zero attached hydrogens (tertiary/aromatic N) is 3. The summed E-state index contributed by atoms with van der Waals surface area (Å²) in [5.74, 6) is 1.37. The molecule has 6 nitrogen and oxygen atoms in total. The van der Waals surface area contributed by atoms with E-state index in [1.165, 1.54) is 6.33 Å². The SMILES string of the molecule is Clc1ccc(Oc2ncnc3ccc(O[C@H]4CCNC4)nc23)cc1Cl. The number of aromatic nitrogens is 3. The smallest absolute Gasteiger partial charge is 0.249 e. The number of pyridine rings is 1. The maximum Gasteiger partial charge on any atom is 0.249 e. The molecular formula is C17H14Cl2N4O2. The summed E-state index contributed by atoms with van der Waals surface area (Å²) < 4.78 is 11.7. The highest BCUT2D eigenvalue weighted by molar-refractivity contribution is 6.42. The minimum atomic E-state index is 0.119. The van der Waals surface area contributed by atoms with Gasteiger partial charge < -0.3 is 14.8 Å².